The number of nitrogens with one attached hydrogen (secondary N) is 1. The minimum Gasteiger partial charge on any atom is -0.480 e. The van der Waals surface area contributed by atoms with Crippen molar-refractivity contribution in [2.45, 2.75) is 31.9 Å². The van der Waals surface area contributed by atoms with Crippen LogP contribution in [-0.2, 0) is 10.3 Å². The monoisotopic (exact) mass is 472 g/mol. The topological polar surface area (TPSA) is 136 Å². The van der Waals surface area contributed by atoms with Crippen LogP contribution in [0, 0.1) is 22.6 Å². The fraction of sp³-hybridized carbons (Fsp3) is 0.409. The van der Waals surface area contributed by atoms with E-state index in [2.05, 4.69) is 39.0 Å². The van der Waals surface area contributed by atoms with Crippen molar-refractivity contribution in [3.63, 3.8) is 0 Å². The molecule has 0 saturated carbocycles. The van der Waals surface area contributed by atoms with Gasteiger partial charge in [0.2, 0.25) is 5.88 Å². The van der Waals surface area contributed by atoms with Crippen LogP contribution in [0.3, 0.4) is 0 Å². The molecule has 1 saturated heterocycles. The van der Waals surface area contributed by atoms with Crippen LogP contribution in [0.25, 0.3) is 0 Å². The second kappa shape index (κ2) is 9.72. The first kappa shape index (κ1) is 24.4. The highest BCUT2D eigenvalue weighted by molar-refractivity contribution is 7.80. The molecule has 9 nitrogen and oxygen atoms in total. The third-order valence-corrected chi connectivity index (χ3v) is 6.12. The molecular weight excluding hydrogens is 447 g/mol. The molecule has 0 bridgehead atoms. The van der Waals surface area contributed by atoms with Crippen LogP contribution in [0.4, 0.5) is 10.1 Å². The Kier molecular flexibility index (Phi) is 7.19. The second-order valence-electron chi connectivity index (χ2n) is 8.05. The molecule has 11 heteroatoms. The fourth-order valence-electron chi connectivity index (χ4n) is 3.42. The number of nitrogens with zero attached hydrogens (tertiary/aromatic N) is 4. The summed E-state index contributed by atoms with van der Waals surface area (Å²) in [5.41, 5.74) is 4.51. The molecule has 3 rings (SSSR count). The number of carbonyl (C=O) groups is 1. The molecule has 0 radical (unpaired) electrons. The van der Waals surface area contributed by atoms with E-state index in [1.54, 1.807) is 6.92 Å². The van der Waals surface area contributed by atoms with Gasteiger partial charge in [-0.15, -0.1) is 0 Å². The molecule has 1 aromatic carbocycles. The molecular formula is C22H25FN6O3S. The van der Waals surface area contributed by atoms with Crippen LogP contribution in [0.1, 0.15) is 36.3 Å². The van der Waals surface area contributed by atoms with E-state index in [1.165, 1.54) is 37.7 Å². The van der Waals surface area contributed by atoms with E-state index in [1.807, 2.05) is 6.92 Å². The molecule has 3 N–H and O–H groups in total. The number of nitriles is 1. The number of anilines is 1. The maximum atomic E-state index is 15.1. The predicted molar refractivity (Wildman–Crippen MR) is 124 cm³/mol. The highest BCUT2D eigenvalue weighted by atomic mass is 32.1. The summed E-state index contributed by atoms with van der Waals surface area (Å²) in [5, 5.41) is 12.2. The van der Waals surface area contributed by atoms with Crippen LogP contribution < -0.4 is 15.8 Å². The zero-order valence-electron chi connectivity index (χ0n) is 18.5. The van der Waals surface area contributed by atoms with Crippen molar-refractivity contribution in [3.8, 4) is 11.9 Å². The number of halogens is 1. The maximum Gasteiger partial charge on any atom is 0.275 e. The third kappa shape index (κ3) is 5.07. The van der Waals surface area contributed by atoms with E-state index >= 15 is 4.39 Å². The average molecular weight is 473 g/mol. The molecule has 0 spiro atoms. The number of aromatic nitrogens is 2. The standard InChI is InChI=1S/C22H25FN6O3S/c1-13-7-22(11-32-13,29-20(25)21(2,10-24)12-33)15-6-14(4-5-16(15)23)28-19(30)17-8-27-18(31-3)9-26-17/h4-6,8-9,13,33H,7,11-12H2,1-3H3,(H2,25,29)(H,28,30)/t13-,21?,22-/m1/s1. The summed E-state index contributed by atoms with van der Waals surface area (Å²) >= 11 is 4.22. The van der Waals surface area contributed by atoms with Crippen LogP contribution in [0.2, 0.25) is 0 Å². The molecule has 0 aliphatic carbocycles. The first-order valence-electron chi connectivity index (χ1n) is 10.1. The van der Waals surface area contributed by atoms with Gasteiger partial charge in [0.15, 0.2) is 0 Å². The Morgan fingerprint density at radius 1 is 1.52 bits per heavy atom. The Morgan fingerprint density at radius 3 is 2.82 bits per heavy atom. The highest BCUT2D eigenvalue weighted by Gasteiger charge is 2.44. The molecule has 1 aromatic heterocycles. The van der Waals surface area contributed by atoms with E-state index in [0.29, 0.717) is 12.1 Å². The van der Waals surface area contributed by atoms with E-state index in [4.69, 9.17) is 15.2 Å². The number of thiol groups is 1. The summed E-state index contributed by atoms with van der Waals surface area (Å²) < 4.78 is 25.7. The largest absolute Gasteiger partial charge is 0.480 e. The molecule has 1 fully saturated rings. The molecule has 2 heterocycles. The van der Waals surface area contributed by atoms with Gasteiger partial charge in [0.05, 0.1) is 38.3 Å². The lowest BCUT2D eigenvalue weighted by atomic mass is 9.85. The van der Waals surface area contributed by atoms with Gasteiger partial charge in [-0.25, -0.2) is 14.4 Å². The van der Waals surface area contributed by atoms with Crippen LogP contribution >= 0.6 is 12.6 Å². The SMILES string of the molecule is COc1cnc(C(=O)Nc2ccc(F)c([C@]3(N=C(N)C(C)(C#N)CS)CO[C@H](C)C3)c2)cn1. The molecule has 1 unspecified atom stereocenters. The number of aliphatic imine (C=N–C) groups is 1. The zero-order valence-corrected chi connectivity index (χ0v) is 19.4. The van der Waals surface area contributed by atoms with Crippen molar-refractivity contribution in [1.82, 2.24) is 9.97 Å². The number of amidine groups is 1. The second-order valence-corrected chi connectivity index (χ2v) is 8.37. The van der Waals surface area contributed by atoms with E-state index in [-0.39, 0.29) is 41.4 Å². The summed E-state index contributed by atoms with van der Waals surface area (Å²) in [6.45, 7) is 3.54. The third-order valence-electron chi connectivity index (χ3n) is 5.49. The lowest BCUT2D eigenvalue weighted by Crippen LogP contribution is -2.39. The van der Waals surface area contributed by atoms with E-state index in [9.17, 15) is 10.1 Å². The van der Waals surface area contributed by atoms with E-state index in [0.717, 1.165) is 0 Å². The summed E-state index contributed by atoms with van der Waals surface area (Å²) in [5.74, 6) is -0.597. The summed E-state index contributed by atoms with van der Waals surface area (Å²) in [7, 11) is 1.44. The number of hydrogen-bond donors (Lipinski definition) is 3. The molecule has 1 aliphatic heterocycles. The van der Waals surface area contributed by atoms with Gasteiger partial charge in [0, 0.05) is 23.4 Å². The Morgan fingerprint density at radius 2 is 2.27 bits per heavy atom. The Bertz CT molecular complexity index is 1110. The number of amides is 1. The minimum atomic E-state index is -1.16. The number of ether oxygens (including phenoxy) is 2. The molecule has 2 aromatic rings. The van der Waals surface area contributed by atoms with Crippen molar-refractivity contribution in [3.05, 3.63) is 47.7 Å². The number of hydrogen-bond acceptors (Lipinski definition) is 8. The van der Waals surface area contributed by atoms with Crippen molar-refractivity contribution in [2.24, 2.45) is 16.1 Å². The first-order chi connectivity index (χ1) is 15.7. The summed E-state index contributed by atoms with van der Waals surface area (Å²) in [6, 6.07) is 6.28. The zero-order chi connectivity index (χ0) is 24.2. The fourth-order valence-corrected chi connectivity index (χ4v) is 3.65. The summed E-state index contributed by atoms with van der Waals surface area (Å²) in [4.78, 5) is 25.2. The average Bonchev–Trinajstić information content (AvgIpc) is 3.20. The van der Waals surface area contributed by atoms with Gasteiger partial charge in [-0.2, -0.15) is 17.9 Å². The van der Waals surface area contributed by atoms with E-state index < -0.39 is 22.7 Å². The molecule has 1 aliphatic rings. The Balaban J connectivity index is 1.98. The van der Waals surface area contributed by atoms with Gasteiger partial charge in [0.25, 0.3) is 5.91 Å². The lowest BCUT2D eigenvalue weighted by Gasteiger charge is -2.28. The number of rotatable bonds is 7. The maximum absolute atomic E-state index is 15.1. The molecule has 3 atom stereocenters. The van der Waals surface area contributed by atoms with Crippen LogP contribution in [-0.4, -0.2) is 47.3 Å². The van der Waals surface area contributed by atoms with Gasteiger partial charge in [-0.05, 0) is 32.0 Å². The Hall–Kier alpha value is -3.23. The quantitative estimate of drug-likeness (QED) is 0.320. The first-order valence-corrected chi connectivity index (χ1v) is 10.8. The van der Waals surface area contributed by atoms with Crippen molar-refractivity contribution in [2.75, 3.05) is 24.8 Å². The summed E-state index contributed by atoms with van der Waals surface area (Å²) in [6.07, 6.45) is 2.73. The minimum absolute atomic E-state index is 0.0417. The van der Waals surface area contributed by atoms with Gasteiger partial charge in [0.1, 0.15) is 28.3 Å². The van der Waals surface area contributed by atoms with Crippen molar-refractivity contribution >= 4 is 30.1 Å². The Labute approximate surface area is 196 Å². The number of carbonyl (C=O) groups excluding carboxylic acids is 1. The molecule has 174 valence electrons. The van der Waals surface area contributed by atoms with Crippen LogP contribution in [0.15, 0.2) is 35.6 Å². The normalized spacial score (nSPS) is 22.3. The van der Waals surface area contributed by atoms with Crippen molar-refractivity contribution in [1.29, 1.82) is 5.26 Å². The van der Waals surface area contributed by atoms with Gasteiger partial charge in [-0.3, -0.25) is 9.79 Å². The molecule has 33 heavy (non-hydrogen) atoms. The lowest BCUT2D eigenvalue weighted by molar-refractivity contribution is 0.102. The van der Waals surface area contributed by atoms with Crippen molar-refractivity contribution < 1.29 is 18.7 Å². The molecule has 1 amide bonds. The number of nitrogens with two attached hydrogens (primary N) is 1. The number of methoxy groups -OCH3 is 1. The smallest absolute Gasteiger partial charge is 0.275 e. The van der Waals surface area contributed by atoms with Gasteiger partial charge in [-0.1, -0.05) is 0 Å². The van der Waals surface area contributed by atoms with Gasteiger partial charge < -0.3 is 20.5 Å². The number of benzene rings is 1. The highest BCUT2D eigenvalue weighted by Crippen LogP contribution is 2.41. The van der Waals surface area contributed by atoms with Gasteiger partial charge >= 0.3 is 0 Å². The predicted octanol–water partition coefficient (Wildman–Crippen LogP) is 2.70. The van der Waals surface area contributed by atoms with Crippen LogP contribution in [0.5, 0.6) is 5.88 Å².